The van der Waals surface area contributed by atoms with E-state index in [2.05, 4.69) is 15.6 Å². The number of hydrogen-bond donors (Lipinski definition) is 2. The van der Waals surface area contributed by atoms with Crippen molar-refractivity contribution in [3.05, 3.63) is 29.3 Å². The Bertz CT molecular complexity index is 902. The molecule has 1 fully saturated rings. The number of hydrogen-bond acceptors (Lipinski definition) is 5. The van der Waals surface area contributed by atoms with Gasteiger partial charge in [0.05, 0.1) is 17.2 Å². The van der Waals surface area contributed by atoms with E-state index < -0.39 is 19.9 Å². The van der Waals surface area contributed by atoms with Crippen LogP contribution in [0.25, 0.3) is 0 Å². The van der Waals surface area contributed by atoms with Crippen molar-refractivity contribution >= 4 is 49.8 Å². The van der Waals surface area contributed by atoms with Crippen molar-refractivity contribution in [1.82, 2.24) is 14.9 Å². The second kappa shape index (κ2) is 10.7. The molecule has 160 valence electrons. The average molecular weight is 544 g/mol. The van der Waals surface area contributed by atoms with Gasteiger partial charge >= 0.3 is 0 Å². The van der Waals surface area contributed by atoms with Gasteiger partial charge in [-0.15, -0.1) is 24.0 Å². The minimum atomic E-state index is -3.23. The van der Waals surface area contributed by atoms with Crippen LogP contribution in [0.3, 0.4) is 0 Å². The number of guanidine groups is 1. The molecule has 1 aliphatic rings. The number of halogens is 1. The van der Waals surface area contributed by atoms with Gasteiger partial charge in [0.1, 0.15) is 0 Å². The number of nitrogens with zero attached hydrogens (tertiary/aromatic N) is 2. The molecule has 0 amide bonds. The number of aryl methyl sites for hydroxylation is 1. The number of rotatable bonds is 7. The van der Waals surface area contributed by atoms with Crippen LogP contribution in [0, 0.1) is 6.92 Å². The van der Waals surface area contributed by atoms with E-state index in [1.807, 2.05) is 13.0 Å². The molecule has 1 aliphatic heterocycles. The van der Waals surface area contributed by atoms with Crippen LogP contribution < -0.4 is 10.6 Å². The van der Waals surface area contributed by atoms with Crippen molar-refractivity contribution in [2.75, 3.05) is 38.2 Å². The van der Waals surface area contributed by atoms with Gasteiger partial charge in [0.25, 0.3) is 0 Å². The van der Waals surface area contributed by atoms with Crippen molar-refractivity contribution in [2.24, 2.45) is 4.99 Å². The first-order valence-corrected chi connectivity index (χ1v) is 12.4. The Morgan fingerprint density at radius 3 is 2.54 bits per heavy atom. The maximum Gasteiger partial charge on any atom is 0.214 e. The Morgan fingerprint density at radius 1 is 1.29 bits per heavy atom. The van der Waals surface area contributed by atoms with E-state index in [9.17, 15) is 16.8 Å². The van der Waals surface area contributed by atoms with Gasteiger partial charge in [0.15, 0.2) is 15.8 Å². The zero-order chi connectivity index (χ0) is 20.1. The van der Waals surface area contributed by atoms with E-state index in [4.69, 9.17) is 0 Å². The molecule has 0 atom stereocenters. The van der Waals surface area contributed by atoms with E-state index in [0.717, 1.165) is 5.56 Å². The Kier molecular flexibility index (Phi) is 9.64. The second-order valence-corrected chi connectivity index (χ2v) is 10.6. The third-order valence-electron chi connectivity index (χ3n) is 4.26. The van der Waals surface area contributed by atoms with Crippen molar-refractivity contribution in [2.45, 2.75) is 31.7 Å². The topological polar surface area (TPSA) is 108 Å². The highest BCUT2D eigenvalue weighted by molar-refractivity contribution is 14.0. The molecule has 0 spiro atoms. The summed E-state index contributed by atoms with van der Waals surface area (Å²) in [5.74, 6) is 0.822. The second-order valence-electron chi connectivity index (χ2n) is 6.56. The van der Waals surface area contributed by atoms with Crippen LogP contribution in [0.1, 0.15) is 24.5 Å². The van der Waals surface area contributed by atoms with Crippen LogP contribution in [0.4, 0.5) is 0 Å². The molecule has 8 nitrogen and oxygen atoms in total. The van der Waals surface area contributed by atoms with Gasteiger partial charge in [0.2, 0.25) is 10.0 Å². The summed E-state index contributed by atoms with van der Waals surface area (Å²) in [6, 6.07) is 5.18. The summed E-state index contributed by atoms with van der Waals surface area (Å²) >= 11 is 0. The zero-order valence-electron chi connectivity index (χ0n) is 16.4. The molecule has 1 aromatic rings. The van der Waals surface area contributed by atoms with Crippen LogP contribution in [0.5, 0.6) is 0 Å². The van der Waals surface area contributed by atoms with Crippen molar-refractivity contribution in [3.63, 3.8) is 0 Å². The lowest BCUT2D eigenvalue weighted by Crippen LogP contribution is -2.42. The summed E-state index contributed by atoms with van der Waals surface area (Å²) in [6.07, 6.45) is 1.88. The number of nitrogens with one attached hydrogen (secondary N) is 2. The number of sulfone groups is 1. The molecule has 1 heterocycles. The lowest BCUT2D eigenvalue weighted by atomic mass is 10.1. The fraction of sp³-hybridized carbons (Fsp3) is 0.588. The van der Waals surface area contributed by atoms with Gasteiger partial charge in [0, 0.05) is 32.4 Å². The highest BCUT2D eigenvalue weighted by Crippen LogP contribution is 2.17. The predicted molar refractivity (Wildman–Crippen MR) is 122 cm³/mol. The van der Waals surface area contributed by atoms with Crippen LogP contribution in [0.2, 0.25) is 0 Å². The molecular weight excluding hydrogens is 515 g/mol. The van der Waals surface area contributed by atoms with Crippen LogP contribution in [0.15, 0.2) is 28.1 Å². The molecule has 0 radical (unpaired) electrons. The van der Waals surface area contributed by atoms with Crippen LogP contribution in [-0.4, -0.2) is 65.3 Å². The summed E-state index contributed by atoms with van der Waals surface area (Å²) in [7, 11) is -6.32. The quantitative estimate of drug-likeness (QED) is 0.303. The zero-order valence-corrected chi connectivity index (χ0v) is 20.4. The van der Waals surface area contributed by atoms with Crippen molar-refractivity contribution in [3.8, 4) is 0 Å². The number of benzene rings is 1. The molecule has 2 N–H and O–H groups in total. The SMILES string of the molecule is CCNC(=NCc1ccc(S(C)(=O)=O)c(C)c1)NCCN1CCCS1(=O)=O.I. The maximum absolute atomic E-state index is 11.8. The fourth-order valence-electron chi connectivity index (χ4n) is 2.98. The lowest BCUT2D eigenvalue weighted by Gasteiger charge is -2.16. The van der Waals surface area contributed by atoms with E-state index >= 15 is 0 Å². The average Bonchev–Trinajstić information content (AvgIpc) is 2.90. The summed E-state index contributed by atoms with van der Waals surface area (Å²) in [4.78, 5) is 4.82. The number of sulfonamides is 1. The van der Waals surface area contributed by atoms with Gasteiger partial charge in [-0.3, -0.25) is 0 Å². The highest BCUT2D eigenvalue weighted by Gasteiger charge is 2.27. The molecule has 28 heavy (non-hydrogen) atoms. The normalized spacial score (nSPS) is 17.2. The maximum atomic E-state index is 11.8. The molecule has 0 saturated carbocycles. The van der Waals surface area contributed by atoms with Crippen LogP contribution >= 0.6 is 24.0 Å². The first-order valence-electron chi connectivity index (χ1n) is 8.93. The minimum Gasteiger partial charge on any atom is -0.357 e. The van der Waals surface area contributed by atoms with Gasteiger partial charge in [-0.05, 0) is 37.5 Å². The molecule has 2 rings (SSSR count). The summed E-state index contributed by atoms with van der Waals surface area (Å²) in [6.45, 7) is 6.24. The largest absolute Gasteiger partial charge is 0.357 e. The Balaban J connectivity index is 0.00000392. The Labute approximate surface area is 185 Å². The molecule has 1 aromatic carbocycles. The summed E-state index contributed by atoms with van der Waals surface area (Å²) < 4.78 is 48.5. The van der Waals surface area contributed by atoms with Crippen molar-refractivity contribution in [1.29, 1.82) is 0 Å². The number of aliphatic imine (C=N–C) groups is 1. The minimum absolute atomic E-state index is 0. The van der Waals surface area contributed by atoms with Gasteiger partial charge in [-0.1, -0.05) is 12.1 Å². The van der Waals surface area contributed by atoms with Gasteiger partial charge in [-0.2, -0.15) is 0 Å². The van der Waals surface area contributed by atoms with Gasteiger partial charge < -0.3 is 10.6 Å². The lowest BCUT2D eigenvalue weighted by molar-refractivity contribution is 0.445. The first-order chi connectivity index (χ1) is 12.6. The van der Waals surface area contributed by atoms with Crippen molar-refractivity contribution < 1.29 is 16.8 Å². The van der Waals surface area contributed by atoms with E-state index in [-0.39, 0.29) is 29.7 Å². The fourth-order valence-corrected chi connectivity index (χ4v) is 5.47. The van der Waals surface area contributed by atoms with E-state index in [1.165, 1.54) is 10.6 Å². The molecule has 0 unspecified atom stereocenters. The predicted octanol–water partition coefficient (Wildman–Crippen LogP) is 1.11. The summed E-state index contributed by atoms with van der Waals surface area (Å²) in [5, 5.41) is 6.27. The van der Waals surface area contributed by atoms with Gasteiger partial charge in [-0.25, -0.2) is 26.1 Å². The van der Waals surface area contributed by atoms with E-state index in [1.54, 1.807) is 19.1 Å². The molecule has 0 bridgehead atoms. The molecule has 1 saturated heterocycles. The molecule has 0 aromatic heterocycles. The standard InChI is InChI=1S/C17H28N4O4S2.HI/c1-4-18-17(19-8-10-21-9-5-11-27(21,24)25)20-13-15-6-7-16(14(2)12-15)26(3,22)23;/h6-7,12H,4-5,8-11,13H2,1-3H3,(H2,18,19,20);1H. The first kappa shape index (κ1) is 25.1. The third-order valence-corrected chi connectivity index (χ3v) is 7.47. The monoisotopic (exact) mass is 544 g/mol. The Morgan fingerprint density at radius 2 is 2.00 bits per heavy atom. The Hall–Kier alpha value is -0.920. The third kappa shape index (κ3) is 7.16. The highest BCUT2D eigenvalue weighted by atomic mass is 127. The van der Waals surface area contributed by atoms with E-state index in [0.29, 0.717) is 55.6 Å². The molecular formula is C17H29IN4O4S2. The molecule has 0 aliphatic carbocycles. The van der Waals surface area contributed by atoms with Crippen LogP contribution in [-0.2, 0) is 26.4 Å². The smallest absolute Gasteiger partial charge is 0.214 e. The molecule has 11 heteroatoms. The summed E-state index contributed by atoms with van der Waals surface area (Å²) in [5.41, 5.74) is 1.60.